The molecule has 2 unspecified atom stereocenters. The first-order valence-electron chi connectivity index (χ1n) is 7.50. The van der Waals surface area contributed by atoms with Crippen LogP contribution in [0.2, 0.25) is 0 Å². The Morgan fingerprint density at radius 2 is 2.09 bits per heavy atom. The van der Waals surface area contributed by atoms with Gasteiger partial charge < -0.3 is 9.64 Å². The normalized spacial score (nSPS) is 21.8. The van der Waals surface area contributed by atoms with Gasteiger partial charge in [-0.15, -0.1) is 5.10 Å². The summed E-state index contributed by atoms with van der Waals surface area (Å²) in [5.74, 6) is -0.0815. The highest BCUT2D eigenvalue weighted by atomic mass is 16.5. The maximum atomic E-state index is 12.6. The monoisotopic (exact) mass is 300 g/mol. The van der Waals surface area contributed by atoms with Crippen LogP contribution in [0, 0.1) is 0 Å². The first-order chi connectivity index (χ1) is 10.6. The lowest BCUT2D eigenvalue weighted by molar-refractivity contribution is -0.0389. The molecule has 0 N–H and O–H groups in total. The Balaban J connectivity index is 1.71. The van der Waals surface area contributed by atoms with Crippen molar-refractivity contribution in [3.05, 3.63) is 47.8 Å². The van der Waals surface area contributed by atoms with Gasteiger partial charge in [0.05, 0.1) is 31.5 Å². The standard InChI is InChI=1S/C16H20N4O2/c1-12-11-22-13(2)8-20(12)16(21)15-10-19(18-17-15)9-14-6-4-3-5-7-14/h3-7,10,12-13H,8-9,11H2,1-2H3. The van der Waals surface area contributed by atoms with E-state index in [0.717, 1.165) is 5.56 Å². The van der Waals surface area contributed by atoms with Crippen LogP contribution in [0.15, 0.2) is 36.5 Å². The van der Waals surface area contributed by atoms with Crippen molar-refractivity contribution in [3.63, 3.8) is 0 Å². The molecule has 1 aliphatic rings. The van der Waals surface area contributed by atoms with E-state index in [0.29, 0.717) is 25.4 Å². The SMILES string of the molecule is CC1CN(C(=O)c2cn(Cc3ccccc3)nn2)C(C)CO1. The predicted molar refractivity (Wildman–Crippen MR) is 81.5 cm³/mol. The molecule has 1 aliphatic heterocycles. The summed E-state index contributed by atoms with van der Waals surface area (Å²) in [5, 5.41) is 8.09. The third-order valence-electron chi connectivity index (χ3n) is 3.81. The lowest BCUT2D eigenvalue weighted by Crippen LogP contribution is -2.50. The van der Waals surface area contributed by atoms with Crippen LogP contribution in [0.3, 0.4) is 0 Å². The van der Waals surface area contributed by atoms with Crippen LogP contribution in [-0.2, 0) is 11.3 Å². The Kier molecular flexibility index (Phi) is 4.20. The van der Waals surface area contributed by atoms with E-state index in [1.165, 1.54) is 0 Å². The molecule has 0 radical (unpaired) electrons. The zero-order valence-corrected chi connectivity index (χ0v) is 12.8. The molecule has 1 fully saturated rings. The largest absolute Gasteiger partial charge is 0.375 e. The number of benzene rings is 1. The molecule has 1 amide bonds. The molecule has 22 heavy (non-hydrogen) atoms. The summed E-state index contributed by atoms with van der Waals surface area (Å²) in [5.41, 5.74) is 1.51. The Morgan fingerprint density at radius 1 is 1.32 bits per heavy atom. The van der Waals surface area contributed by atoms with Crippen LogP contribution in [0.1, 0.15) is 29.9 Å². The number of hydrogen-bond acceptors (Lipinski definition) is 4. The number of carbonyl (C=O) groups is 1. The van der Waals surface area contributed by atoms with Gasteiger partial charge in [0.2, 0.25) is 0 Å². The molecular formula is C16H20N4O2. The molecule has 3 rings (SSSR count). The minimum absolute atomic E-state index is 0.0551. The molecule has 6 nitrogen and oxygen atoms in total. The zero-order valence-electron chi connectivity index (χ0n) is 12.8. The second-order valence-corrected chi connectivity index (χ2v) is 5.74. The molecule has 2 atom stereocenters. The van der Waals surface area contributed by atoms with Gasteiger partial charge >= 0.3 is 0 Å². The second-order valence-electron chi connectivity index (χ2n) is 5.74. The molecule has 6 heteroatoms. The van der Waals surface area contributed by atoms with Crippen molar-refractivity contribution in [1.29, 1.82) is 0 Å². The number of ether oxygens (including phenoxy) is 1. The van der Waals surface area contributed by atoms with Crippen LogP contribution in [-0.4, -0.2) is 51.1 Å². The van der Waals surface area contributed by atoms with Gasteiger partial charge in [0.15, 0.2) is 5.69 Å². The Labute approximate surface area is 129 Å². The first-order valence-corrected chi connectivity index (χ1v) is 7.50. The summed E-state index contributed by atoms with van der Waals surface area (Å²) < 4.78 is 7.25. The number of nitrogens with zero attached hydrogens (tertiary/aromatic N) is 4. The third-order valence-corrected chi connectivity index (χ3v) is 3.81. The molecule has 1 aromatic heterocycles. The van der Waals surface area contributed by atoms with E-state index < -0.39 is 0 Å². The fourth-order valence-corrected chi connectivity index (χ4v) is 2.58. The summed E-state index contributed by atoms with van der Waals surface area (Å²) in [7, 11) is 0. The number of rotatable bonds is 3. The van der Waals surface area contributed by atoms with Crippen molar-refractivity contribution >= 4 is 5.91 Å². The number of hydrogen-bond donors (Lipinski definition) is 0. The van der Waals surface area contributed by atoms with Crippen LogP contribution < -0.4 is 0 Å². The average Bonchev–Trinajstić information content (AvgIpc) is 2.98. The number of amides is 1. The Bertz CT molecular complexity index is 641. The predicted octanol–water partition coefficient (Wildman–Crippen LogP) is 1.58. The lowest BCUT2D eigenvalue weighted by Gasteiger charge is -2.36. The van der Waals surface area contributed by atoms with E-state index in [9.17, 15) is 4.79 Å². The molecule has 0 bridgehead atoms. The van der Waals surface area contributed by atoms with Crippen LogP contribution in [0.4, 0.5) is 0 Å². The van der Waals surface area contributed by atoms with E-state index in [2.05, 4.69) is 10.3 Å². The smallest absolute Gasteiger partial charge is 0.276 e. The van der Waals surface area contributed by atoms with Gasteiger partial charge in [-0.05, 0) is 19.4 Å². The number of carbonyl (C=O) groups excluding carboxylic acids is 1. The molecule has 0 aliphatic carbocycles. The fraction of sp³-hybridized carbons (Fsp3) is 0.438. The first kappa shape index (κ1) is 14.7. The minimum atomic E-state index is -0.0815. The molecule has 1 aromatic carbocycles. The van der Waals surface area contributed by atoms with Crippen molar-refractivity contribution in [2.24, 2.45) is 0 Å². The Morgan fingerprint density at radius 3 is 2.86 bits per heavy atom. The molecule has 0 spiro atoms. The molecule has 1 saturated heterocycles. The van der Waals surface area contributed by atoms with E-state index in [1.54, 1.807) is 10.9 Å². The lowest BCUT2D eigenvalue weighted by atomic mass is 10.2. The summed E-state index contributed by atoms with van der Waals surface area (Å²) in [6, 6.07) is 10.0. The van der Waals surface area contributed by atoms with Gasteiger partial charge in [0, 0.05) is 6.54 Å². The minimum Gasteiger partial charge on any atom is -0.375 e. The zero-order chi connectivity index (χ0) is 15.5. The van der Waals surface area contributed by atoms with E-state index in [-0.39, 0.29) is 18.1 Å². The number of aromatic nitrogens is 3. The van der Waals surface area contributed by atoms with Crippen molar-refractivity contribution in [1.82, 2.24) is 19.9 Å². The van der Waals surface area contributed by atoms with E-state index in [4.69, 9.17) is 4.74 Å². The maximum absolute atomic E-state index is 12.6. The van der Waals surface area contributed by atoms with Crippen molar-refractivity contribution in [2.45, 2.75) is 32.5 Å². The van der Waals surface area contributed by atoms with Gasteiger partial charge in [-0.1, -0.05) is 35.5 Å². The highest BCUT2D eigenvalue weighted by molar-refractivity contribution is 5.92. The molecule has 116 valence electrons. The molecule has 0 saturated carbocycles. The quantitative estimate of drug-likeness (QED) is 0.863. The molecule has 2 heterocycles. The van der Waals surface area contributed by atoms with Gasteiger partial charge in [-0.3, -0.25) is 4.79 Å². The van der Waals surface area contributed by atoms with E-state index in [1.807, 2.05) is 49.1 Å². The topological polar surface area (TPSA) is 60.2 Å². The maximum Gasteiger partial charge on any atom is 0.276 e. The molecular weight excluding hydrogens is 280 g/mol. The van der Waals surface area contributed by atoms with Crippen LogP contribution in [0.25, 0.3) is 0 Å². The van der Waals surface area contributed by atoms with Crippen LogP contribution >= 0.6 is 0 Å². The van der Waals surface area contributed by atoms with Crippen molar-refractivity contribution in [2.75, 3.05) is 13.2 Å². The van der Waals surface area contributed by atoms with Crippen LogP contribution in [0.5, 0.6) is 0 Å². The summed E-state index contributed by atoms with van der Waals surface area (Å²) in [6.07, 6.45) is 1.77. The Hall–Kier alpha value is -2.21. The van der Waals surface area contributed by atoms with Crippen molar-refractivity contribution in [3.8, 4) is 0 Å². The third kappa shape index (κ3) is 3.17. The van der Waals surface area contributed by atoms with Gasteiger partial charge in [0.1, 0.15) is 0 Å². The second kappa shape index (κ2) is 6.27. The molecule has 2 aromatic rings. The average molecular weight is 300 g/mol. The fourth-order valence-electron chi connectivity index (χ4n) is 2.58. The van der Waals surface area contributed by atoms with Gasteiger partial charge in [-0.25, -0.2) is 4.68 Å². The highest BCUT2D eigenvalue weighted by Crippen LogP contribution is 2.14. The summed E-state index contributed by atoms with van der Waals surface area (Å²) >= 11 is 0. The summed E-state index contributed by atoms with van der Waals surface area (Å²) in [6.45, 7) is 5.71. The van der Waals surface area contributed by atoms with Crippen molar-refractivity contribution < 1.29 is 9.53 Å². The van der Waals surface area contributed by atoms with E-state index >= 15 is 0 Å². The summed E-state index contributed by atoms with van der Waals surface area (Å²) in [4.78, 5) is 14.4. The highest BCUT2D eigenvalue weighted by Gasteiger charge is 2.29. The van der Waals surface area contributed by atoms with Gasteiger partial charge in [-0.2, -0.15) is 0 Å². The van der Waals surface area contributed by atoms with Gasteiger partial charge in [0.25, 0.3) is 5.91 Å². The number of morpholine rings is 1.